The van der Waals surface area contributed by atoms with Crippen molar-refractivity contribution >= 4 is 6.29 Å². The summed E-state index contributed by atoms with van der Waals surface area (Å²) in [5.74, 6) is 0.332. The Morgan fingerprint density at radius 1 is 1.13 bits per heavy atom. The van der Waals surface area contributed by atoms with Gasteiger partial charge in [0.05, 0.1) is 0 Å². The molecule has 0 atom stereocenters. The van der Waals surface area contributed by atoms with E-state index in [1.54, 1.807) is 0 Å². The first-order chi connectivity index (χ1) is 7.36. The molecule has 78 valence electrons. The van der Waals surface area contributed by atoms with Gasteiger partial charge in [0.1, 0.15) is 6.29 Å². The summed E-state index contributed by atoms with van der Waals surface area (Å²) in [7, 11) is 0. The van der Waals surface area contributed by atoms with Crippen LogP contribution in [0.5, 0.6) is 0 Å². The minimum Gasteiger partial charge on any atom is -0.303 e. The maximum Gasteiger partial charge on any atom is 0.123 e. The van der Waals surface area contributed by atoms with Crippen molar-refractivity contribution in [2.45, 2.75) is 32.0 Å². The third-order valence-electron chi connectivity index (χ3n) is 3.72. The van der Waals surface area contributed by atoms with Crippen molar-refractivity contribution < 1.29 is 4.79 Å². The number of hydrogen-bond acceptors (Lipinski definition) is 2. The largest absolute Gasteiger partial charge is 0.303 e. The van der Waals surface area contributed by atoms with Crippen molar-refractivity contribution in [1.82, 2.24) is 4.90 Å². The van der Waals surface area contributed by atoms with E-state index in [0.29, 0.717) is 12.0 Å². The molecular weight excluding hydrogens is 186 g/mol. The first-order valence-electron chi connectivity index (χ1n) is 5.63. The van der Waals surface area contributed by atoms with Gasteiger partial charge < -0.3 is 4.79 Å². The van der Waals surface area contributed by atoms with E-state index in [-0.39, 0.29) is 0 Å². The van der Waals surface area contributed by atoms with Crippen LogP contribution in [0.25, 0.3) is 0 Å². The highest BCUT2D eigenvalue weighted by Gasteiger charge is 2.35. The SMILES string of the molecule is O=CC1CC(N2Cc3ccccc3C2)C1. The van der Waals surface area contributed by atoms with E-state index in [0.717, 1.165) is 32.2 Å². The number of carbonyl (C=O) groups excluding carboxylic acids is 1. The van der Waals surface area contributed by atoms with E-state index >= 15 is 0 Å². The van der Waals surface area contributed by atoms with Crippen molar-refractivity contribution in [3.63, 3.8) is 0 Å². The molecule has 1 aliphatic heterocycles. The van der Waals surface area contributed by atoms with Gasteiger partial charge >= 0.3 is 0 Å². The molecule has 0 N–H and O–H groups in total. The summed E-state index contributed by atoms with van der Waals surface area (Å²) >= 11 is 0. The maximum atomic E-state index is 10.5. The molecule has 1 aromatic carbocycles. The number of rotatable bonds is 2. The molecule has 0 aromatic heterocycles. The number of aldehydes is 1. The molecule has 15 heavy (non-hydrogen) atoms. The summed E-state index contributed by atoms with van der Waals surface area (Å²) in [6.45, 7) is 2.15. The van der Waals surface area contributed by atoms with Crippen LogP contribution in [0.15, 0.2) is 24.3 Å². The normalized spacial score (nSPS) is 29.6. The molecule has 1 aliphatic carbocycles. The van der Waals surface area contributed by atoms with Crippen molar-refractivity contribution in [2.24, 2.45) is 5.92 Å². The van der Waals surface area contributed by atoms with Crippen molar-refractivity contribution in [3.8, 4) is 0 Å². The van der Waals surface area contributed by atoms with E-state index in [1.807, 2.05) is 0 Å². The fraction of sp³-hybridized carbons (Fsp3) is 0.462. The fourth-order valence-electron chi connectivity index (χ4n) is 2.66. The average Bonchev–Trinajstić information content (AvgIpc) is 2.59. The van der Waals surface area contributed by atoms with Gasteiger partial charge in [-0.05, 0) is 24.0 Å². The number of nitrogens with zero attached hydrogens (tertiary/aromatic N) is 1. The Hall–Kier alpha value is -1.15. The van der Waals surface area contributed by atoms with E-state index in [9.17, 15) is 4.79 Å². The van der Waals surface area contributed by atoms with Crippen LogP contribution in [-0.4, -0.2) is 17.2 Å². The highest BCUT2D eigenvalue weighted by atomic mass is 16.1. The highest BCUT2D eigenvalue weighted by Crippen LogP contribution is 2.35. The monoisotopic (exact) mass is 201 g/mol. The molecule has 2 aliphatic rings. The fourth-order valence-corrected chi connectivity index (χ4v) is 2.66. The van der Waals surface area contributed by atoms with Gasteiger partial charge in [-0.2, -0.15) is 0 Å². The van der Waals surface area contributed by atoms with E-state index < -0.39 is 0 Å². The molecule has 1 heterocycles. The van der Waals surface area contributed by atoms with Gasteiger partial charge in [-0.15, -0.1) is 0 Å². The maximum absolute atomic E-state index is 10.5. The van der Waals surface area contributed by atoms with Gasteiger partial charge in [-0.1, -0.05) is 24.3 Å². The summed E-state index contributed by atoms with van der Waals surface area (Å²) < 4.78 is 0. The van der Waals surface area contributed by atoms with Crippen molar-refractivity contribution in [2.75, 3.05) is 0 Å². The Balaban J connectivity index is 1.67. The van der Waals surface area contributed by atoms with Crippen LogP contribution in [0.4, 0.5) is 0 Å². The van der Waals surface area contributed by atoms with E-state index in [4.69, 9.17) is 0 Å². The number of fused-ring (bicyclic) bond motifs is 1. The van der Waals surface area contributed by atoms with Gasteiger partial charge in [0.2, 0.25) is 0 Å². The zero-order valence-electron chi connectivity index (χ0n) is 8.73. The third-order valence-corrected chi connectivity index (χ3v) is 3.72. The summed E-state index contributed by atoms with van der Waals surface area (Å²) in [6.07, 6.45) is 3.24. The zero-order chi connectivity index (χ0) is 10.3. The smallest absolute Gasteiger partial charge is 0.123 e. The van der Waals surface area contributed by atoms with Gasteiger partial charge in [-0.25, -0.2) is 0 Å². The third kappa shape index (κ3) is 1.49. The van der Waals surface area contributed by atoms with Crippen LogP contribution in [0, 0.1) is 5.92 Å². The minimum atomic E-state index is 0.332. The van der Waals surface area contributed by atoms with Crippen LogP contribution < -0.4 is 0 Å². The molecule has 2 nitrogen and oxygen atoms in total. The first-order valence-corrected chi connectivity index (χ1v) is 5.63. The van der Waals surface area contributed by atoms with E-state index in [1.165, 1.54) is 11.1 Å². The lowest BCUT2D eigenvalue weighted by atomic mass is 9.80. The minimum absolute atomic E-state index is 0.332. The van der Waals surface area contributed by atoms with Crippen molar-refractivity contribution in [3.05, 3.63) is 35.4 Å². The topological polar surface area (TPSA) is 20.3 Å². The number of hydrogen-bond donors (Lipinski definition) is 0. The lowest BCUT2D eigenvalue weighted by Crippen LogP contribution is -2.42. The Bertz CT molecular complexity index is 357. The molecule has 1 aromatic rings. The lowest BCUT2D eigenvalue weighted by Gasteiger charge is -2.38. The average molecular weight is 201 g/mol. The predicted molar refractivity (Wildman–Crippen MR) is 58.3 cm³/mol. The summed E-state index contributed by atoms with van der Waals surface area (Å²) in [4.78, 5) is 13.1. The molecule has 2 heteroatoms. The molecule has 0 unspecified atom stereocenters. The Morgan fingerprint density at radius 3 is 2.27 bits per heavy atom. The van der Waals surface area contributed by atoms with Crippen LogP contribution in [-0.2, 0) is 17.9 Å². The second-order valence-corrected chi connectivity index (χ2v) is 4.70. The molecule has 0 bridgehead atoms. The lowest BCUT2D eigenvalue weighted by molar-refractivity contribution is -0.115. The van der Waals surface area contributed by atoms with Crippen molar-refractivity contribution in [1.29, 1.82) is 0 Å². The van der Waals surface area contributed by atoms with Gasteiger partial charge in [0.15, 0.2) is 0 Å². The molecule has 3 rings (SSSR count). The van der Waals surface area contributed by atoms with E-state index in [2.05, 4.69) is 29.2 Å². The molecule has 0 spiro atoms. The predicted octanol–water partition coefficient (Wildman–Crippen LogP) is 1.98. The van der Waals surface area contributed by atoms with Gasteiger partial charge in [-0.3, -0.25) is 4.90 Å². The molecule has 0 amide bonds. The molecular formula is C13H15NO. The van der Waals surface area contributed by atoms with Gasteiger partial charge in [0.25, 0.3) is 0 Å². The quantitative estimate of drug-likeness (QED) is 0.682. The second kappa shape index (κ2) is 3.46. The Kier molecular flexibility index (Phi) is 2.10. The molecule has 0 saturated heterocycles. The number of benzene rings is 1. The Morgan fingerprint density at radius 2 is 1.73 bits per heavy atom. The molecule has 0 radical (unpaired) electrons. The first kappa shape index (κ1) is 9.10. The van der Waals surface area contributed by atoms with Crippen LogP contribution in [0.1, 0.15) is 24.0 Å². The second-order valence-electron chi connectivity index (χ2n) is 4.70. The van der Waals surface area contributed by atoms with Crippen LogP contribution in [0.2, 0.25) is 0 Å². The van der Waals surface area contributed by atoms with Gasteiger partial charge in [0, 0.05) is 25.0 Å². The zero-order valence-corrected chi connectivity index (χ0v) is 8.73. The molecule has 1 saturated carbocycles. The summed E-state index contributed by atoms with van der Waals surface area (Å²) in [6, 6.07) is 9.29. The standard InChI is InChI=1S/C13H15NO/c15-9-10-5-13(6-10)14-7-11-3-1-2-4-12(11)8-14/h1-4,9-10,13H,5-8H2. The highest BCUT2D eigenvalue weighted by molar-refractivity contribution is 5.55. The molecule has 1 fully saturated rings. The summed E-state index contributed by atoms with van der Waals surface area (Å²) in [5.41, 5.74) is 2.93. The number of carbonyl (C=O) groups is 1. The van der Waals surface area contributed by atoms with Crippen LogP contribution in [0.3, 0.4) is 0 Å². The Labute approximate surface area is 89.9 Å². The summed E-state index contributed by atoms with van der Waals surface area (Å²) in [5, 5.41) is 0. The van der Waals surface area contributed by atoms with Crippen LogP contribution >= 0.6 is 0 Å².